The van der Waals surface area contributed by atoms with Crippen LogP contribution in [0.2, 0.25) is 0 Å². The molecule has 4 unspecified atom stereocenters. The predicted molar refractivity (Wildman–Crippen MR) is 310 cm³/mol. The Balaban J connectivity index is 0.000000318. The highest BCUT2D eigenvalue weighted by Crippen LogP contribution is 2.52. The van der Waals surface area contributed by atoms with E-state index in [0.29, 0.717) is 43.4 Å². The first-order valence-corrected chi connectivity index (χ1v) is 31.4. The van der Waals surface area contributed by atoms with Gasteiger partial charge in [-0.05, 0) is 117 Å². The van der Waals surface area contributed by atoms with Gasteiger partial charge in [0.1, 0.15) is 30.1 Å². The van der Waals surface area contributed by atoms with E-state index in [1.165, 1.54) is 20.3 Å². The normalized spacial score (nSPS) is 21.3. The molecule has 0 bridgehead atoms. The van der Waals surface area contributed by atoms with Crippen LogP contribution in [-0.4, -0.2) is 142 Å². The number of aliphatic hydroxyl groups excluding tert-OH is 2. The largest absolute Gasteiger partial charge is 0.385 e. The average molecular weight is 1150 g/mol. The summed E-state index contributed by atoms with van der Waals surface area (Å²) in [7, 11) is 1.99. The molecular formula is C57H83ClN4O10S4. The zero-order valence-corrected chi connectivity index (χ0v) is 49.6. The lowest BCUT2D eigenvalue weighted by molar-refractivity contribution is -0.135. The molecule has 2 aromatic carbocycles. The topological polar surface area (TPSA) is 208 Å². The Kier molecular flexibility index (Phi) is 28.3. The number of nitrogens with one attached hydrogen (secondary N) is 2. The van der Waals surface area contributed by atoms with Gasteiger partial charge in [0, 0.05) is 51.6 Å². The summed E-state index contributed by atoms with van der Waals surface area (Å²) in [4.78, 5) is 103. The first kappa shape index (κ1) is 65.4. The number of nitrogens with zero attached hydrogens (tertiary/aromatic N) is 2. The fourth-order valence-corrected chi connectivity index (χ4v) is 17.6. The Bertz CT molecular complexity index is 2060. The van der Waals surface area contributed by atoms with Crippen LogP contribution in [0.15, 0.2) is 60.7 Å². The summed E-state index contributed by atoms with van der Waals surface area (Å²) in [5, 5.41) is 27.1. The molecule has 76 heavy (non-hydrogen) atoms. The number of Topliss-reactive ketones (excluding diaryl/α,β-unsaturated/α-hetero) is 6. The van der Waals surface area contributed by atoms with Crippen molar-refractivity contribution in [3.63, 3.8) is 0 Å². The third-order valence-electron chi connectivity index (χ3n) is 14.2. The van der Waals surface area contributed by atoms with Gasteiger partial charge in [0.05, 0.1) is 20.2 Å². The van der Waals surface area contributed by atoms with E-state index in [0.717, 1.165) is 48.8 Å². The summed E-state index contributed by atoms with van der Waals surface area (Å²) in [6.07, 6.45) is 3.44. The second kappa shape index (κ2) is 32.9. The van der Waals surface area contributed by atoms with Crippen molar-refractivity contribution in [3.05, 3.63) is 71.8 Å². The molecule has 4 aliphatic rings. The number of benzene rings is 2. The van der Waals surface area contributed by atoms with Crippen molar-refractivity contribution in [1.29, 1.82) is 0 Å². The quantitative estimate of drug-likeness (QED) is 0.0648. The zero-order valence-electron chi connectivity index (χ0n) is 45.6. The minimum Gasteiger partial charge on any atom is -0.385 e. The van der Waals surface area contributed by atoms with Crippen molar-refractivity contribution in [2.24, 2.45) is 11.8 Å². The minimum atomic E-state index is -1.33. The lowest BCUT2D eigenvalue weighted by atomic mass is 9.86. The van der Waals surface area contributed by atoms with Crippen molar-refractivity contribution in [1.82, 2.24) is 20.0 Å². The molecule has 0 aliphatic carbocycles. The van der Waals surface area contributed by atoms with E-state index in [2.05, 4.69) is 15.5 Å². The molecule has 2 amide bonds. The van der Waals surface area contributed by atoms with Crippen molar-refractivity contribution < 1.29 is 48.6 Å². The van der Waals surface area contributed by atoms with Crippen molar-refractivity contribution >= 4 is 105 Å². The molecule has 4 aliphatic heterocycles. The highest BCUT2D eigenvalue weighted by molar-refractivity contribution is 8.19. The van der Waals surface area contributed by atoms with Crippen LogP contribution in [-0.2, 0) is 38.4 Å². The van der Waals surface area contributed by atoms with E-state index in [1.807, 2.05) is 93.9 Å². The molecule has 4 N–H and O–H groups in total. The summed E-state index contributed by atoms with van der Waals surface area (Å²) in [5.74, 6) is 1.27. The molecule has 4 heterocycles. The summed E-state index contributed by atoms with van der Waals surface area (Å²) in [6.45, 7) is 12.2. The zero-order chi connectivity index (χ0) is 56.0. The Labute approximate surface area is 473 Å². The number of halogens is 1. The number of rotatable bonds is 26. The van der Waals surface area contributed by atoms with Crippen LogP contribution in [0.3, 0.4) is 0 Å². The van der Waals surface area contributed by atoms with E-state index in [-0.39, 0.29) is 75.9 Å². The van der Waals surface area contributed by atoms with Crippen LogP contribution in [0.4, 0.5) is 0 Å². The van der Waals surface area contributed by atoms with Gasteiger partial charge in [-0.25, -0.2) is 4.42 Å². The molecule has 4 fully saturated rings. The van der Waals surface area contributed by atoms with Crippen LogP contribution in [0.25, 0.3) is 0 Å². The number of hydrogen-bond acceptors (Lipinski definition) is 16. The molecule has 2 aromatic rings. The monoisotopic (exact) mass is 1150 g/mol. The number of likely N-dealkylation sites (tertiary alicyclic amines) is 1. The number of carbonyl (C=O) groups is 8. The molecule has 0 radical (unpaired) electrons. The van der Waals surface area contributed by atoms with Gasteiger partial charge in [-0.2, -0.15) is 0 Å². The van der Waals surface area contributed by atoms with E-state index in [9.17, 15) is 48.6 Å². The van der Waals surface area contributed by atoms with Crippen LogP contribution in [0.5, 0.6) is 0 Å². The number of likely N-dealkylation sites (N-methyl/N-ethyl adjacent to an activating group) is 1. The Morgan fingerprint density at radius 1 is 0.605 bits per heavy atom. The van der Waals surface area contributed by atoms with Crippen molar-refractivity contribution in [2.75, 3.05) is 43.1 Å². The number of amides is 2. The summed E-state index contributed by atoms with van der Waals surface area (Å²) >= 11 is 14.1. The van der Waals surface area contributed by atoms with Gasteiger partial charge in [0.25, 0.3) is 0 Å². The maximum atomic E-state index is 13.3. The molecule has 14 nitrogen and oxygen atoms in total. The lowest BCUT2D eigenvalue weighted by Crippen LogP contribution is -2.38. The SMILES string of the molecule is CC.CCCC(CC(=O)[C@@H]1CC2(CN1C)SCCCS2)C(O)C(=O)CCC(=O)N[C@H](C(C)=O)c1ccccc1.CCCC(CC(=O)[C@@H]1CC2(CN1Cl)SCCCS2)C(O)C(=O)CCC(=O)N[C@H](C(C)=O)c1ccccc1. The Hall–Kier alpha value is -3.07. The summed E-state index contributed by atoms with van der Waals surface area (Å²) in [5.41, 5.74) is 1.35. The molecule has 2 spiro atoms. The van der Waals surface area contributed by atoms with Gasteiger partial charge in [0.15, 0.2) is 28.9 Å². The van der Waals surface area contributed by atoms with Crippen LogP contribution >= 0.6 is 58.8 Å². The van der Waals surface area contributed by atoms with Gasteiger partial charge >= 0.3 is 0 Å². The number of carbonyl (C=O) groups excluding carboxylic acids is 8. The molecule has 0 saturated carbocycles. The highest BCUT2D eigenvalue weighted by Gasteiger charge is 2.49. The minimum absolute atomic E-state index is 0.0474. The lowest BCUT2D eigenvalue weighted by Gasteiger charge is -2.31. The highest BCUT2D eigenvalue weighted by atomic mass is 35.5. The van der Waals surface area contributed by atoms with Crippen molar-refractivity contribution in [2.45, 2.75) is 176 Å². The summed E-state index contributed by atoms with van der Waals surface area (Å²) in [6, 6.07) is 15.7. The number of ketones is 6. The molecule has 19 heteroatoms. The van der Waals surface area contributed by atoms with Crippen LogP contribution in [0, 0.1) is 11.8 Å². The second-order valence-electron chi connectivity index (χ2n) is 20.1. The fourth-order valence-electron chi connectivity index (χ4n) is 10.3. The smallest absolute Gasteiger partial charge is 0.221 e. The number of hydrogen-bond donors (Lipinski definition) is 4. The maximum absolute atomic E-state index is 13.3. The van der Waals surface area contributed by atoms with Gasteiger partial charge in [-0.1, -0.05) is 101 Å². The fraction of sp³-hybridized carbons (Fsp3) is 0.649. The summed E-state index contributed by atoms with van der Waals surface area (Å²) < 4.78 is 1.63. The average Bonchev–Trinajstić information content (AvgIpc) is 3.92. The molecule has 422 valence electrons. The first-order valence-electron chi connectivity index (χ1n) is 27.2. The number of aliphatic hydroxyl groups is 2. The maximum Gasteiger partial charge on any atom is 0.221 e. The molecular weight excluding hydrogens is 1060 g/mol. The van der Waals surface area contributed by atoms with Gasteiger partial charge in [-0.3, -0.25) is 43.3 Å². The first-order chi connectivity index (χ1) is 36.3. The van der Waals surface area contributed by atoms with E-state index >= 15 is 0 Å². The second-order valence-corrected chi connectivity index (χ2v) is 27.0. The van der Waals surface area contributed by atoms with E-state index in [1.54, 1.807) is 52.9 Å². The molecule has 4 saturated heterocycles. The van der Waals surface area contributed by atoms with Crippen LogP contribution < -0.4 is 10.6 Å². The van der Waals surface area contributed by atoms with Crippen LogP contribution in [0.1, 0.15) is 155 Å². The Morgan fingerprint density at radius 3 is 1.36 bits per heavy atom. The molecule has 8 atom stereocenters. The van der Waals surface area contributed by atoms with Crippen molar-refractivity contribution in [3.8, 4) is 0 Å². The number of thioether (sulfide) groups is 4. The van der Waals surface area contributed by atoms with E-state index in [4.69, 9.17) is 11.8 Å². The standard InChI is InChI=1S/C28H40N2O5S2.C27H37ClN2O5S2.C2H6/c1-4-9-21(16-24(33)22-17-28(18-30(22)3)36-14-8-15-37-28)27(35)23(32)12-13-25(34)29-26(19(2)31)20-10-6-5-7-11-20;1-3-8-20(15-23(33)21-16-27(17-30(21)28)36-13-7-14-37-27)26(35)22(32)11-12-24(34)29-25(18(2)31)19-9-5-4-6-10-19;1-2/h5-7,10-11,21-22,26-27,35H,4,8-9,12-18H2,1-3H3,(H,29,34);4-6,9-10,20-21,25-26,35H,3,7-8,11-17H2,1-2H3,(H,29,34);1-2H3/t21?,22-,26+,27?;20?,21-,25+,26?;/m00./s1. The van der Waals surface area contributed by atoms with Gasteiger partial charge < -0.3 is 20.8 Å². The third kappa shape index (κ3) is 19.6. The Morgan fingerprint density at radius 2 is 0.974 bits per heavy atom. The predicted octanol–water partition coefficient (Wildman–Crippen LogP) is 9.13. The third-order valence-corrected chi connectivity index (χ3v) is 21.3. The van der Waals surface area contributed by atoms with Gasteiger partial charge in [0.2, 0.25) is 11.8 Å². The molecule has 0 aromatic heterocycles. The van der Waals surface area contributed by atoms with E-state index < -0.39 is 65.6 Å². The van der Waals surface area contributed by atoms with Gasteiger partial charge in [-0.15, -0.1) is 47.0 Å². The molecule has 6 rings (SSSR count).